The SMILES string of the molecule is COC(=O)[C@@H](NC(=O)OC(C)(C)C)[C@H]1CC[C@H](NC(=O)CN(C)C(=O)OCc2ccccc2)CC1. The van der Waals surface area contributed by atoms with Crippen LogP contribution in [0.3, 0.4) is 0 Å². The van der Waals surface area contributed by atoms with E-state index in [0.717, 1.165) is 5.56 Å². The number of esters is 1. The Labute approximate surface area is 206 Å². The summed E-state index contributed by atoms with van der Waals surface area (Å²) in [5.41, 5.74) is 0.176. The minimum Gasteiger partial charge on any atom is -0.467 e. The highest BCUT2D eigenvalue weighted by atomic mass is 16.6. The first-order valence-electron chi connectivity index (χ1n) is 11.8. The molecule has 0 aromatic heterocycles. The topological polar surface area (TPSA) is 123 Å². The Morgan fingerprint density at radius 2 is 1.69 bits per heavy atom. The molecule has 0 heterocycles. The van der Waals surface area contributed by atoms with E-state index < -0.39 is 29.8 Å². The smallest absolute Gasteiger partial charge is 0.410 e. The van der Waals surface area contributed by atoms with Gasteiger partial charge in [0, 0.05) is 13.1 Å². The van der Waals surface area contributed by atoms with E-state index in [1.54, 1.807) is 20.8 Å². The monoisotopic (exact) mass is 491 g/mol. The minimum atomic E-state index is -0.822. The number of carbonyl (C=O) groups is 4. The number of rotatable bonds is 8. The van der Waals surface area contributed by atoms with Gasteiger partial charge in [-0.3, -0.25) is 4.79 Å². The Bertz CT molecular complexity index is 862. The van der Waals surface area contributed by atoms with E-state index in [2.05, 4.69) is 10.6 Å². The van der Waals surface area contributed by atoms with Gasteiger partial charge >= 0.3 is 18.2 Å². The summed E-state index contributed by atoms with van der Waals surface area (Å²) >= 11 is 0. The van der Waals surface area contributed by atoms with Crippen LogP contribution in [0.15, 0.2) is 30.3 Å². The fourth-order valence-electron chi connectivity index (χ4n) is 3.91. The number of methoxy groups -OCH3 is 1. The molecule has 0 radical (unpaired) electrons. The second-order valence-electron chi connectivity index (χ2n) is 9.72. The van der Waals surface area contributed by atoms with Gasteiger partial charge in [-0.2, -0.15) is 0 Å². The van der Waals surface area contributed by atoms with Crippen LogP contribution >= 0.6 is 0 Å². The lowest BCUT2D eigenvalue weighted by Gasteiger charge is -2.33. The second-order valence-corrected chi connectivity index (χ2v) is 9.72. The number of ether oxygens (including phenoxy) is 3. The van der Waals surface area contributed by atoms with Crippen molar-refractivity contribution in [2.75, 3.05) is 20.7 Å². The van der Waals surface area contributed by atoms with E-state index >= 15 is 0 Å². The fraction of sp³-hybridized carbons (Fsp3) is 0.600. The first kappa shape index (κ1) is 27.9. The molecule has 0 unspecified atom stereocenters. The zero-order chi connectivity index (χ0) is 26.0. The predicted octanol–water partition coefficient (Wildman–Crippen LogP) is 3.00. The molecule has 194 valence electrons. The summed E-state index contributed by atoms with van der Waals surface area (Å²) in [7, 11) is 2.78. The highest BCUT2D eigenvalue weighted by Crippen LogP contribution is 2.28. The molecule has 1 aliphatic carbocycles. The molecule has 35 heavy (non-hydrogen) atoms. The molecule has 0 aliphatic heterocycles. The van der Waals surface area contributed by atoms with Gasteiger partial charge in [-0.05, 0) is 57.9 Å². The largest absolute Gasteiger partial charge is 0.467 e. The number of hydrogen-bond donors (Lipinski definition) is 2. The molecule has 3 amide bonds. The Balaban J connectivity index is 1.78. The van der Waals surface area contributed by atoms with Crippen LogP contribution in [0.1, 0.15) is 52.0 Å². The number of amides is 3. The lowest BCUT2D eigenvalue weighted by molar-refractivity contribution is -0.145. The van der Waals surface area contributed by atoms with Crippen LogP contribution < -0.4 is 10.6 Å². The van der Waals surface area contributed by atoms with Crippen LogP contribution in [0.5, 0.6) is 0 Å². The number of nitrogens with zero attached hydrogens (tertiary/aromatic N) is 1. The van der Waals surface area contributed by atoms with Gasteiger partial charge in [0.2, 0.25) is 5.91 Å². The van der Waals surface area contributed by atoms with E-state index in [-0.39, 0.29) is 31.0 Å². The van der Waals surface area contributed by atoms with Crippen molar-refractivity contribution in [1.29, 1.82) is 0 Å². The second kappa shape index (κ2) is 13.0. The Kier molecular flexibility index (Phi) is 10.4. The van der Waals surface area contributed by atoms with Crippen LogP contribution in [-0.4, -0.2) is 67.3 Å². The molecule has 2 rings (SSSR count). The molecule has 0 bridgehead atoms. The number of benzene rings is 1. The average molecular weight is 492 g/mol. The standard InChI is InChI=1S/C25H37N3O7/c1-25(2,3)35-23(31)27-21(22(30)33-5)18-11-13-19(14-12-18)26-20(29)15-28(4)24(32)34-16-17-9-7-6-8-10-17/h6-10,18-19,21H,11-16H2,1-5H3,(H,26,29)(H,27,31)/t18-,19-,21-/m0/s1. The van der Waals surface area contributed by atoms with E-state index in [4.69, 9.17) is 14.2 Å². The van der Waals surface area contributed by atoms with Gasteiger partial charge in [-0.25, -0.2) is 14.4 Å². The highest BCUT2D eigenvalue weighted by Gasteiger charge is 2.35. The average Bonchev–Trinajstić information content (AvgIpc) is 2.80. The van der Waals surface area contributed by atoms with Gasteiger partial charge in [0.25, 0.3) is 0 Å². The predicted molar refractivity (Wildman–Crippen MR) is 128 cm³/mol. The van der Waals surface area contributed by atoms with Crippen molar-refractivity contribution in [2.24, 2.45) is 5.92 Å². The fourth-order valence-corrected chi connectivity index (χ4v) is 3.91. The van der Waals surface area contributed by atoms with Gasteiger partial charge in [-0.1, -0.05) is 30.3 Å². The molecule has 1 aromatic carbocycles. The number of carbonyl (C=O) groups excluding carboxylic acids is 4. The minimum absolute atomic E-state index is 0.0905. The quantitative estimate of drug-likeness (QED) is 0.423. The van der Waals surface area contributed by atoms with Gasteiger partial charge in [0.05, 0.1) is 7.11 Å². The van der Waals surface area contributed by atoms with E-state index in [0.29, 0.717) is 25.7 Å². The van der Waals surface area contributed by atoms with E-state index in [1.165, 1.54) is 19.1 Å². The number of hydrogen-bond acceptors (Lipinski definition) is 7. The van der Waals surface area contributed by atoms with Crippen molar-refractivity contribution in [3.63, 3.8) is 0 Å². The van der Waals surface area contributed by atoms with Crippen LogP contribution in [-0.2, 0) is 30.4 Å². The normalized spacial score (nSPS) is 18.5. The summed E-state index contributed by atoms with van der Waals surface area (Å²) < 4.78 is 15.4. The molecule has 1 aliphatic rings. The first-order valence-corrected chi connectivity index (χ1v) is 11.8. The van der Waals surface area contributed by atoms with Crippen LogP contribution in [0.25, 0.3) is 0 Å². The third-order valence-corrected chi connectivity index (χ3v) is 5.63. The zero-order valence-electron chi connectivity index (χ0n) is 21.2. The van der Waals surface area contributed by atoms with Crippen LogP contribution in [0.4, 0.5) is 9.59 Å². The molecule has 1 saturated carbocycles. The van der Waals surface area contributed by atoms with Gasteiger partial charge in [0.15, 0.2) is 0 Å². The summed E-state index contributed by atoms with van der Waals surface area (Å²) in [5.74, 6) is -0.957. The molecule has 0 saturated heterocycles. The summed E-state index contributed by atoms with van der Waals surface area (Å²) in [6.45, 7) is 5.24. The first-order chi connectivity index (χ1) is 16.5. The van der Waals surface area contributed by atoms with E-state index in [1.807, 2.05) is 30.3 Å². The Hall–Kier alpha value is -3.30. The lowest BCUT2D eigenvalue weighted by Crippen LogP contribution is -2.50. The summed E-state index contributed by atoms with van der Waals surface area (Å²) in [4.78, 5) is 50.3. The summed E-state index contributed by atoms with van der Waals surface area (Å²) in [6.07, 6.45) is 1.21. The molecule has 10 heteroatoms. The van der Waals surface area contributed by atoms with Crippen molar-refractivity contribution in [2.45, 2.75) is 70.7 Å². The maximum atomic E-state index is 12.4. The van der Waals surface area contributed by atoms with E-state index in [9.17, 15) is 19.2 Å². The van der Waals surface area contributed by atoms with Gasteiger partial charge in [-0.15, -0.1) is 0 Å². The van der Waals surface area contributed by atoms with Crippen molar-refractivity contribution >= 4 is 24.1 Å². The molecule has 0 spiro atoms. The third-order valence-electron chi connectivity index (χ3n) is 5.63. The number of likely N-dealkylation sites (N-methyl/N-ethyl adjacent to an activating group) is 1. The Morgan fingerprint density at radius 1 is 1.06 bits per heavy atom. The zero-order valence-corrected chi connectivity index (χ0v) is 21.2. The van der Waals surface area contributed by atoms with Gasteiger partial charge in [0.1, 0.15) is 24.8 Å². The summed E-state index contributed by atoms with van der Waals surface area (Å²) in [6, 6.07) is 8.38. The molecular formula is C25H37N3O7. The van der Waals surface area contributed by atoms with Gasteiger partial charge < -0.3 is 29.7 Å². The number of nitrogens with one attached hydrogen (secondary N) is 2. The van der Waals surface area contributed by atoms with Crippen molar-refractivity contribution in [1.82, 2.24) is 15.5 Å². The third kappa shape index (κ3) is 9.84. The maximum absolute atomic E-state index is 12.4. The van der Waals surface area contributed by atoms with Crippen LogP contribution in [0.2, 0.25) is 0 Å². The molecular weight excluding hydrogens is 454 g/mol. The summed E-state index contributed by atoms with van der Waals surface area (Å²) in [5, 5.41) is 5.57. The molecule has 10 nitrogen and oxygen atoms in total. The molecule has 1 fully saturated rings. The molecule has 2 N–H and O–H groups in total. The van der Waals surface area contributed by atoms with Crippen LogP contribution in [0, 0.1) is 5.92 Å². The van der Waals surface area contributed by atoms with Crippen molar-refractivity contribution in [3.05, 3.63) is 35.9 Å². The lowest BCUT2D eigenvalue weighted by atomic mass is 9.81. The highest BCUT2D eigenvalue weighted by molar-refractivity contribution is 5.83. The maximum Gasteiger partial charge on any atom is 0.410 e. The number of alkyl carbamates (subject to hydrolysis) is 1. The molecule has 1 atom stereocenters. The van der Waals surface area contributed by atoms with Crippen molar-refractivity contribution < 1.29 is 33.4 Å². The molecule has 1 aromatic rings. The van der Waals surface area contributed by atoms with Crippen molar-refractivity contribution in [3.8, 4) is 0 Å². The Morgan fingerprint density at radius 3 is 2.26 bits per heavy atom.